The standard InChI is InChI=1S/C20H34N4OS.HI/c1-5-26(25)19-8-6-7-17(15-19)23-20(21-2)22-14-13-16-9-11-18(12-10-16)24(3)4;/h9-12,17,19H,5-8,13-15H2,1-4H3,(H2,21,22,23);1H. The zero-order valence-corrected chi connectivity index (χ0v) is 20.2. The molecule has 0 aliphatic heterocycles. The monoisotopic (exact) mass is 506 g/mol. The highest BCUT2D eigenvalue weighted by atomic mass is 127. The lowest BCUT2D eigenvalue weighted by Crippen LogP contribution is -2.47. The lowest BCUT2D eigenvalue weighted by atomic mass is 9.95. The minimum Gasteiger partial charge on any atom is -0.378 e. The molecule has 1 aliphatic carbocycles. The zero-order valence-electron chi connectivity index (χ0n) is 17.0. The summed E-state index contributed by atoms with van der Waals surface area (Å²) in [5, 5.41) is 7.27. The first-order chi connectivity index (χ1) is 12.5. The molecular formula is C20H35IN4OS. The molecule has 1 aromatic carbocycles. The normalized spacial score (nSPS) is 21.1. The number of guanidine groups is 1. The van der Waals surface area contributed by atoms with Crippen molar-refractivity contribution in [3.05, 3.63) is 29.8 Å². The Hall–Kier alpha value is -0.830. The second-order valence-corrected chi connectivity index (χ2v) is 9.11. The molecule has 7 heteroatoms. The number of nitrogens with one attached hydrogen (secondary N) is 2. The Morgan fingerprint density at radius 3 is 2.56 bits per heavy atom. The van der Waals surface area contributed by atoms with Crippen molar-refractivity contribution in [3.63, 3.8) is 0 Å². The van der Waals surface area contributed by atoms with Gasteiger partial charge in [-0.1, -0.05) is 25.5 Å². The molecule has 27 heavy (non-hydrogen) atoms. The predicted molar refractivity (Wildman–Crippen MR) is 129 cm³/mol. The maximum Gasteiger partial charge on any atom is 0.191 e. The quantitative estimate of drug-likeness (QED) is 0.339. The second-order valence-electron chi connectivity index (χ2n) is 7.11. The highest BCUT2D eigenvalue weighted by Crippen LogP contribution is 2.23. The average molecular weight is 506 g/mol. The van der Waals surface area contributed by atoms with Gasteiger partial charge in [0.25, 0.3) is 0 Å². The maximum absolute atomic E-state index is 12.1. The van der Waals surface area contributed by atoms with Crippen LogP contribution in [0.3, 0.4) is 0 Å². The first kappa shape index (κ1) is 24.2. The molecule has 0 aromatic heterocycles. The van der Waals surface area contributed by atoms with Crippen LogP contribution in [0, 0.1) is 0 Å². The molecule has 0 saturated heterocycles. The number of anilines is 1. The van der Waals surface area contributed by atoms with E-state index in [-0.39, 0.29) is 24.0 Å². The van der Waals surface area contributed by atoms with Gasteiger partial charge >= 0.3 is 0 Å². The van der Waals surface area contributed by atoms with Gasteiger partial charge < -0.3 is 15.5 Å². The molecule has 0 spiro atoms. The summed E-state index contributed by atoms with van der Waals surface area (Å²) in [7, 11) is 5.23. The molecule has 0 amide bonds. The van der Waals surface area contributed by atoms with Gasteiger partial charge in [-0.3, -0.25) is 9.20 Å². The third-order valence-corrected chi connectivity index (χ3v) is 6.75. The first-order valence-corrected chi connectivity index (χ1v) is 11.0. The van der Waals surface area contributed by atoms with E-state index in [0.29, 0.717) is 11.3 Å². The van der Waals surface area contributed by atoms with Crippen LogP contribution in [0.2, 0.25) is 0 Å². The fourth-order valence-electron chi connectivity index (χ4n) is 3.42. The summed E-state index contributed by atoms with van der Waals surface area (Å²) in [5.74, 6) is 1.61. The molecule has 2 rings (SSSR count). The minimum absolute atomic E-state index is 0. The van der Waals surface area contributed by atoms with Crippen molar-refractivity contribution < 1.29 is 4.21 Å². The predicted octanol–water partition coefficient (Wildman–Crippen LogP) is 3.16. The van der Waals surface area contributed by atoms with Crippen LogP contribution in [-0.4, -0.2) is 54.9 Å². The van der Waals surface area contributed by atoms with Gasteiger partial charge in [0, 0.05) is 61.2 Å². The van der Waals surface area contributed by atoms with Gasteiger partial charge in [0.05, 0.1) is 0 Å². The van der Waals surface area contributed by atoms with Gasteiger partial charge in [0.2, 0.25) is 0 Å². The molecule has 0 bridgehead atoms. The number of nitrogens with zero attached hydrogens (tertiary/aromatic N) is 2. The molecule has 1 fully saturated rings. The molecule has 1 saturated carbocycles. The number of benzene rings is 1. The fraction of sp³-hybridized carbons (Fsp3) is 0.650. The van der Waals surface area contributed by atoms with E-state index in [4.69, 9.17) is 0 Å². The molecule has 154 valence electrons. The molecule has 0 radical (unpaired) electrons. The Kier molecular flexibility index (Phi) is 11.3. The Balaban J connectivity index is 0.00000364. The van der Waals surface area contributed by atoms with E-state index in [1.807, 2.05) is 14.0 Å². The molecule has 1 aromatic rings. The zero-order chi connectivity index (χ0) is 18.9. The Morgan fingerprint density at radius 2 is 1.96 bits per heavy atom. The molecule has 2 N–H and O–H groups in total. The Labute approximate surface area is 184 Å². The van der Waals surface area contributed by atoms with Crippen LogP contribution in [-0.2, 0) is 17.2 Å². The van der Waals surface area contributed by atoms with Crippen molar-refractivity contribution in [2.24, 2.45) is 4.99 Å². The lowest BCUT2D eigenvalue weighted by Gasteiger charge is -2.30. The summed E-state index contributed by atoms with van der Waals surface area (Å²) in [6.07, 6.45) is 5.30. The topological polar surface area (TPSA) is 56.7 Å². The Bertz CT molecular complexity index is 607. The van der Waals surface area contributed by atoms with Gasteiger partial charge in [0.15, 0.2) is 5.96 Å². The highest BCUT2D eigenvalue weighted by molar-refractivity contribution is 14.0. The van der Waals surface area contributed by atoms with Gasteiger partial charge in [-0.2, -0.15) is 0 Å². The molecule has 1 aliphatic rings. The van der Waals surface area contributed by atoms with Crippen molar-refractivity contribution in [2.75, 3.05) is 38.3 Å². The Morgan fingerprint density at radius 1 is 1.26 bits per heavy atom. The molecule has 3 unspecified atom stereocenters. The van der Waals surface area contributed by atoms with Crippen molar-refractivity contribution in [3.8, 4) is 0 Å². The number of aliphatic imine (C=N–C) groups is 1. The first-order valence-electron chi connectivity index (χ1n) is 9.64. The fourth-order valence-corrected chi connectivity index (χ4v) is 4.77. The summed E-state index contributed by atoms with van der Waals surface area (Å²) in [4.78, 5) is 6.46. The third kappa shape index (κ3) is 7.97. The minimum atomic E-state index is -0.690. The largest absolute Gasteiger partial charge is 0.378 e. The summed E-state index contributed by atoms with van der Waals surface area (Å²) in [6, 6.07) is 9.03. The molecule has 3 atom stereocenters. The van der Waals surface area contributed by atoms with Crippen LogP contribution in [0.25, 0.3) is 0 Å². The van der Waals surface area contributed by atoms with E-state index < -0.39 is 10.8 Å². The van der Waals surface area contributed by atoms with Gasteiger partial charge in [-0.25, -0.2) is 0 Å². The molecule has 5 nitrogen and oxygen atoms in total. The summed E-state index contributed by atoms with van der Waals surface area (Å²) in [6.45, 7) is 2.86. The van der Waals surface area contributed by atoms with Crippen LogP contribution < -0.4 is 15.5 Å². The van der Waals surface area contributed by atoms with E-state index in [1.165, 1.54) is 11.3 Å². The smallest absolute Gasteiger partial charge is 0.191 e. The number of hydrogen-bond donors (Lipinski definition) is 2. The average Bonchev–Trinajstić information content (AvgIpc) is 2.67. The van der Waals surface area contributed by atoms with Crippen LogP contribution >= 0.6 is 24.0 Å². The van der Waals surface area contributed by atoms with E-state index in [9.17, 15) is 4.21 Å². The van der Waals surface area contributed by atoms with Crippen LogP contribution in [0.1, 0.15) is 38.2 Å². The molecule has 0 heterocycles. The van der Waals surface area contributed by atoms with Gasteiger partial charge in [-0.05, 0) is 43.4 Å². The number of hydrogen-bond acceptors (Lipinski definition) is 3. The molecular weight excluding hydrogens is 471 g/mol. The third-order valence-electron chi connectivity index (χ3n) is 5.01. The SMILES string of the molecule is CCS(=O)C1CCCC(NC(=NC)NCCc2ccc(N(C)C)cc2)C1.I. The van der Waals surface area contributed by atoms with Crippen molar-refractivity contribution in [1.29, 1.82) is 0 Å². The van der Waals surface area contributed by atoms with Gasteiger partial charge in [0.1, 0.15) is 0 Å². The van der Waals surface area contributed by atoms with Crippen molar-refractivity contribution >= 4 is 46.4 Å². The lowest BCUT2D eigenvalue weighted by molar-refractivity contribution is 0.413. The van der Waals surface area contributed by atoms with E-state index in [0.717, 1.165) is 50.4 Å². The number of halogens is 1. The van der Waals surface area contributed by atoms with Crippen LogP contribution in [0.4, 0.5) is 5.69 Å². The summed E-state index contributed by atoms with van der Waals surface area (Å²) < 4.78 is 12.1. The maximum atomic E-state index is 12.1. The van der Waals surface area contributed by atoms with Crippen molar-refractivity contribution in [1.82, 2.24) is 10.6 Å². The highest BCUT2D eigenvalue weighted by Gasteiger charge is 2.25. The summed E-state index contributed by atoms with van der Waals surface area (Å²) >= 11 is 0. The van der Waals surface area contributed by atoms with Crippen molar-refractivity contribution in [2.45, 2.75) is 50.3 Å². The van der Waals surface area contributed by atoms with E-state index in [2.05, 4.69) is 58.9 Å². The van der Waals surface area contributed by atoms with Crippen LogP contribution in [0.5, 0.6) is 0 Å². The summed E-state index contributed by atoms with van der Waals surface area (Å²) in [5.41, 5.74) is 2.53. The number of rotatable bonds is 7. The van der Waals surface area contributed by atoms with Crippen LogP contribution in [0.15, 0.2) is 29.3 Å². The van der Waals surface area contributed by atoms with Gasteiger partial charge in [-0.15, -0.1) is 24.0 Å². The van der Waals surface area contributed by atoms with E-state index >= 15 is 0 Å². The second kappa shape index (κ2) is 12.6. The van der Waals surface area contributed by atoms with E-state index in [1.54, 1.807) is 0 Å².